The van der Waals surface area contributed by atoms with Crippen LogP contribution < -0.4 is 10.6 Å². The number of nitrogens with one attached hydrogen (secondary N) is 2. The fourth-order valence-electron chi connectivity index (χ4n) is 4.81. The third-order valence-electron chi connectivity index (χ3n) is 6.68. The summed E-state index contributed by atoms with van der Waals surface area (Å²) in [7, 11) is 0. The van der Waals surface area contributed by atoms with Crippen LogP contribution in [0.3, 0.4) is 0 Å². The molecule has 11 heteroatoms. The van der Waals surface area contributed by atoms with Crippen LogP contribution in [0.5, 0.6) is 0 Å². The lowest BCUT2D eigenvalue weighted by Crippen LogP contribution is -2.43. The van der Waals surface area contributed by atoms with E-state index in [9.17, 15) is 27.6 Å². The largest absolute Gasteiger partial charge is 0.446 e. The van der Waals surface area contributed by atoms with Crippen LogP contribution in [0, 0.1) is 17.5 Å². The van der Waals surface area contributed by atoms with Crippen LogP contribution in [0.25, 0.3) is 0 Å². The predicted molar refractivity (Wildman–Crippen MR) is 136 cm³/mol. The van der Waals surface area contributed by atoms with Gasteiger partial charge in [0, 0.05) is 19.2 Å². The van der Waals surface area contributed by atoms with Gasteiger partial charge < -0.3 is 20.3 Å². The number of amides is 4. The molecule has 0 spiro atoms. The van der Waals surface area contributed by atoms with E-state index < -0.39 is 35.6 Å². The normalized spacial score (nSPS) is 18.1. The molecular formula is C27H33F3N4O4. The standard InChI is InChI=1S/C26H29F3N4O4.CH4/c1-16(34)31-20-5-2-4-18(12-20)17-6-10-32(11-7-17)9-3-8-30-25(35)33-23(15-37-26(33)36)19-13-21(27)24(29)22(28)14-19;/h2,4-5,12-14,17,23H,3,6-11,15H2,1H3,(H,30,35)(H,31,34);1H4/t23-;/m1./s1. The van der Waals surface area contributed by atoms with E-state index in [1.165, 1.54) is 12.5 Å². The van der Waals surface area contributed by atoms with Gasteiger partial charge in [-0.2, -0.15) is 0 Å². The quantitative estimate of drug-likeness (QED) is 0.378. The molecule has 2 aliphatic heterocycles. The third kappa shape index (κ3) is 6.83. The Morgan fingerprint density at radius 2 is 1.74 bits per heavy atom. The predicted octanol–water partition coefficient (Wildman–Crippen LogP) is 5.17. The smallest absolute Gasteiger partial charge is 0.418 e. The summed E-state index contributed by atoms with van der Waals surface area (Å²) in [6.07, 6.45) is 1.66. The second-order valence-corrected chi connectivity index (χ2v) is 9.27. The van der Waals surface area contributed by atoms with Gasteiger partial charge >= 0.3 is 12.1 Å². The highest BCUT2D eigenvalue weighted by atomic mass is 19.2. The lowest BCUT2D eigenvalue weighted by atomic mass is 9.89. The third-order valence-corrected chi connectivity index (χ3v) is 6.68. The number of halogens is 3. The van der Waals surface area contributed by atoms with Crippen LogP contribution >= 0.6 is 0 Å². The van der Waals surface area contributed by atoms with E-state index in [0.29, 0.717) is 18.9 Å². The van der Waals surface area contributed by atoms with Crippen LogP contribution in [-0.4, -0.2) is 60.6 Å². The van der Waals surface area contributed by atoms with E-state index in [0.717, 1.165) is 55.2 Å². The highest BCUT2D eigenvalue weighted by molar-refractivity contribution is 5.92. The minimum absolute atomic E-state index is 0. The molecule has 38 heavy (non-hydrogen) atoms. The Hall–Kier alpha value is -3.60. The number of piperidine rings is 1. The van der Waals surface area contributed by atoms with Gasteiger partial charge in [-0.05, 0) is 80.2 Å². The van der Waals surface area contributed by atoms with Crippen molar-refractivity contribution in [2.45, 2.75) is 45.6 Å². The molecule has 8 nitrogen and oxygen atoms in total. The molecular weight excluding hydrogens is 501 g/mol. The zero-order valence-electron chi connectivity index (χ0n) is 20.4. The van der Waals surface area contributed by atoms with Crippen molar-refractivity contribution in [3.8, 4) is 0 Å². The summed E-state index contributed by atoms with van der Waals surface area (Å²) in [4.78, 5) is 39.1. The number of anilines is 1. The summed E-state index contributed by atoms with van der Waals surface area (Å²) in [5.41, 5.74) is 1.93. The van der Waals surface area contributed by atoms with Gasteiger partial charge in [0.15, 0.2) is 17.5 Å². The average molecular weight is 535 g/mol. The number of cyclic esters (lactones) is 1. The molecule has 0 unspecified atom stereocenters. The van der Waals surface area contributed by atoms with Crippen molar-refractivity contribution in [2.75, 3.05) is 38.1 Å². The molecule has 0 saturated carbocycles. The number of hydrogen-bond donors (Lipinski definition) is 2. The summed E-state index contributed by atoms with van der Waals surface area (Å²) in [5, 5.41) is 5.47. The van der Waals surface area contributed by atoms with Crippen LogP contribution in [0.2, 0.25) is 0 Å². The van der Waals surface area contributed by atoms with Gasteiger partial charge in [0.1, 0.15) is 12.6 Å². The molecule has 206 valence electrons. The zero-order chi connectivity index (χ0) is 26.5. The number of nitrogens with zero attached hydrogens (tertiary/aromatic N) is 2. The van der Waals surface area contributed by atoms with Crippen LogP contribution in [0.1, 0.15) is 56.7 Å². The topological polar surface area (TPSA) is 91.0 Å². The maximum absolute atomic E-state index is 13.6. The lowest BCUT2D eigenvalue weighted by Gasteiger charge is -2.32. The number of benzene rings is 2. The highest BCUT2D eigenvalue weighted by Gasteiger charge is 2.39. The number of ether oxygens (including phenoxy) is 1. The molecule has 2 fully saturated rings. The van der Waals surface area contributed by atoms with Crippen molar-refractivity contribution in [3.05, 3.63) is 65.0 Å². The molecule has 1 atom stereocenters. The maximum Gasteiger partial charge on any atom is 0.418 e. The molecule has 2 aliphatic rings. The highest BCUT2D eigenvalue weighted by Crippen LogP contribution is 2.31. The summed E-state index contributed by atoms with van der Waals surface area (Å²) >= 11 is 0. The first-order valence-electron chi connectivity index (χ1n) is 12.2. The fourth-order valence-corrected chi connectivity index (χ4v) is 4.81. The average Bonchev–Trinajstić information content (AvgIpc) is 3.26. The number of urea groups is 1. The number of carbonyl (C=O) groups is 3. The van der Waals surface area contributed by atoms with Gasteiger partial charge in [-0.3, -0.25) is 4.79 Å². The zero-order valence-corrected chi connectivity index (χ0v) is 20.4. The Bertz CT molecular complexity index is 1150. The molecule has 2 saturated heterocycles. The molecule has 4 amide bonds. The number of carbonyl (C=O) groups excluding carboxylic acids is 3. The molecule has 2 aromatic carbocycles. The van der Waals surface area contributed by atoms with Crippen LogP contribution in [0.4, 0.5) is 28.4 Å². The minimum Gasteiger partial charge on any atom is -0.446 e. The first-order valence-corrected chi connectivity index (χ1v) is 12.2. The fraction of sp³-hybridized carbons (Fsp3) is 0.444. The number of rotatable bonds is 7. The van der Waals surface area contributed by atoms with E-state index in [1.807, 2.05) is 18.2 Å². The van der Waals surface area contributed by atoms with E-state index in [-0.39, 0.29) is 25.5 Å². The Morgan fingerprint density at radius 3 is 2.39 bits per heavy atom. The molecule has 0 aromatic heterocycles. The second-order valence-electron chi connectivity index (χ2n) is 9.27. The molecule has 0 bridgehead atoms. The number of likely N-dealkylation sites (tertiary alicyclic amines) is 1. The van der Waals surface area contributed by atoms with Crippen LogP contribution in [-0.2, 0) is 9.53 Å². The van der Waals surface area contributed by atoms with Gasteiger partial charge in [-0.25, -0.2) is 27.7 Å². The first-order chi connectivity index (χ1) is 17.7. The molecule has 4 rings (SSSR count). The van der Waals surface area contributed by atoms with Crippen molar-refractivity contribution in [3.63, 3.8) is 0 Å². The van der Waals surface area contributed by atoms with Crippen LogP contribution in [0.15, 0.2) is 36.4 Å². The molecule has 0 aliphatic carbocycles. The van der Waals surface area contributed by atoms with Gasteiger partial charge in [-0.15, -0.1) is 0 Å². The van der Waals surface area contributed by atoms with Gasteiger partial charge in [0.25, 0.3) is 0 Å². The molecule has 2 aromatic rings. The number of imide groups is 1. The van der Waals surface area contributed by atoms with Crippen molar-refractivity contribution in [1.29, 1.82) is 0 Å². The lowest BCUT2D eigenvalue weighted by molar-refractivity contribution is -0.114. The summed E-state index contributed by atoms with van der Waals surface area (Å²) < 4.78 is 45.5. The number of hydrogen-bond acceptors (Lipinski definition) is 5. The van der Waals surface area contributed by atoms with Gasteiger partial charge in [0.2, 0.25) is 5.91 Å². The Kier molecular flexibility index (Phi) is 9.73. The SMILES string of the molecule is C.CC(=O)Nc1cccc(C2CCN(CCCNC(=O)N3C(=O)OC[C@@H]3c3cc(F)c(F)c(F)c3)CC2)c1. The Labute approximate surface area is 220 Å². The van der Waals surface area contributed by atoms with Crippen molar-refractivity contribution < 1.29 is 32.3 Å². The summed E-state index contributed by atoms with van der Waals surface area (Å²) in [6.45, 7) is 4.04. The van der Waals surface area contributed by atoms with Gasteiger partial charge in [0.05, 0.1) is 0 Å². The van der Waals surface area contributed by atoms with E-state index in [1.54, 1.807) is 0 Å². The molecule has 2 heterocycles. The van der Waals surface area contributed by atoms with Crippen molar-refractivity contribution in [1.82, 2.24) is 15.1 Å². The molecule has 0 radical (unpaired) electrons. The monoisotopic (exact) mass is 534 g/mol. The Morgan fingerprint density at radius 1 is 1.05 bits per heavy atom. The maximum atomic E-state index is 13.6. The first kappa shape index (κ1) is 29.0. The second kappa shape index (κ2) is 12.8. The van der Waals surface area contributed by atoms with E-state index in [2.05, 4.69) is 21.6 Å². The van der Waals surface area contributed by atoms with Gasteiger partial charge in [-0.1, -0.05) is 19.6 Å². The van der Waals surface area contributed by atoms with Crippen molar-refractivity contribution in [2.24, 2.45) is 0 Å². The minimum atomic E-state index is -1.62. The van der Waals surface area contributed by atoms with Crippen molar-refractivity contribution >= 4 is 23.7 Å². The Balaban J connectivity index is 0.00000400. The summed E-state index contributed by atoms with van der Waals surface area (Å²) in [5.74, 6) is -4.12. The summed E-state index contributed by atoms with van der Waals surface area (Å²) in [6, 6.07) is 7.62. The van der Waals surface area contributed by atoms with E-state index in [4.69, 9.17) is 4.74 Å². The molecule has 2 N–H and O–H groups in total. The van der Waals surface area contributed by atoms with E-state index >= 15 is 0 Å².